The van der Waals surface area contributed by atoms with Crippen molar-refractivity contribution >= 4 is 11.1 Å². The van der Waals surface area contributed by atoms with Crippen LogP contribution in [0.25, 0.3) is 11.1 Å². The number of aliphatic hydroxyl groups is 1. The molecule has 3 aromatic carbocycles. The zero-order chi connectivity index (χ0) is 24.3. The predicted octanol–water partition coefficient (Wildman–Crippen LogP) is 4.80. The molecule has 184 valence electrons. The second-order valence-electron chi connectivity index (χ2n) is 8.91. The Balaban J connectivity index is 1.62. The van der Waals surface area contributed by atoms with Gasteiger partial charge in [-0.2, -0.15) is 0 Å². The highest BCUT2D eigenvalue weighted by Crippen LogP contribution is 2.36. The SMILES string of the molecule is OCCCC/C(=C(\c1ccc(O)cc1)c1ccc(OCCN2CCNCC2)cc1)c1ccccc1. The largest absolute Gasteiger partial charge is 0.508 e. The van der Waals surface area contributed by atoms with Crippen molar-refractivity contribution in [2.75, 3.05) is 45.9 Å². The van der Waals surface area contributed by atoms with Gasteiger partial charge in [0.2, 0.25) is 0 Å². The molecule has 0 bridgehead atoms. The van der Waals surface area contributed by atoms with Crippen LogP contribution >= 0.6 is 0 Å². The minimum atomic E-state index is 0.191. The normalized spacial score (nSPS) is 15.0. The predicted molar refractivity (Wildman–Crippen MR) is 143 cm³/mol. The molecule has 0 atom stereocenters. The molecule has 0 radical (unpaired) electrons. The van der Waals surface area contributed by atoms with Crippen LogP contribution in [0.3, 0.4) is 0 Å². The number of hydrogen-bond acceptors (Lipinski definition) is 5. The third-order valence-electron chi connectivity index (χ3n) is 6.44. The molecule has 1 fully saturated rings. The van der Waals surface area contributed by atoms with Crippen LogP contribution in [-0.2, 0) is 0 Å². The van der Waals surface area contributed by atoms with Gasteiger partial charge in [0.25, 0.3) is 0 Å². The number of phenolic OH excluding ortho intramolecular Hbond substituents is 1. The lowest BCUT2D eigenvalue weighted by Gasteiger charge is -2.26. The smallest absolute Gasteiger partial charge is 0.119 e. The van der Waals surface area contributed by atoms with Crippen LogP contribution in [-0.4, -0.2) is 61.1 Å². The minimum absolute atomic E-state index is 0.191. The zero-order valence-electron chi connectivity index (χ0n) is 20.3. The summed E-state index contributed by atoms with van der Waals surface area (Å²) in [6.07, 6.45) is 2.51. The standard InChI is InChI=1S/C30H36N2O3/c33-22-5-4-8-29(24-6-2-1-3-7-24)30(25-9-13-27(34)14-10-25)26-11-15-28(16-12-26)35-23-21-32-19-17-31-18-20-32/h1-3,6-7,9-16,31,33-34H,4-5,8,17-23H2/b30-29-. The highest BCUT2D eigenvalue weighted by molar-refractivity contribution is 5.98. The van der Waals surface area contributed by atoms with Gasteiger partial charge in [-0.3, -0.25) is 4.90 Å². The third kappa shape index (κ3) is 7.18. The van der Waals surface area contributed by atoms with Crippen molar-refractivity contribution in [1.29, 1.82) is 0 Å². The van der Waals surface area contributed by atoms with Crippen molar-refractivity contribution in [2.45, 2.75) is 19.3 Å². The summed E-state index contributed by atoms with van der Waals surface area (Å²) in [6.45, 7) is 6.04. The maximum absolute atomic E-state index is 9.88. The van der Waals surface area contributed by atoms with Gasteiger partial charge in [0.1, 0.15) is 18.1 Å². The van der Waals surface area contributed by atoms with Crippen molar-refractivity contribution in [3.8, 4) is 11.5 Å². The summed E-state index contributed by atoms with van der Waals surface area (Å²) in [6, 6.07) is 26.2. The molecule has 1 saturated heterocycles. The Morgan fingerprint density at radius 2 is 1.46 bits per heavy atom. The van der Waals surface area contributed by atoms with Crippen LogP contribution in [0.5, 0.6) is 11.5 Å². The van der Waals surface area contributed by atoms with E-state index in [1.165, 1.54) is 11.1 Å². The molecule has 0 spiro atoms. The quantitative estimate of drug-likeness (QED) is 0.276. The molecule has 0 amide bonds. The maximum atomic E-state index is 9.88. The lowest BCUT2D eigenvalue weighted by atomic mass is 9.87. The fraction of sp³-hybridized carbons (Fsp3) is 0.333. The molecular formula is C30H36N2O3. The fourth-order valence-electron chi connectivity index (χ4n) is 4.55. The number of unbranched alkanes of at least 4 members (excludes halogenated alkanes) is 1. The van der Waals surface area contributed by atoms with Gasteiger partial charge in [-0.05, 0) is 71.4 Å². The number of phenols is 1. The first-order valence-electron chi connectivity index (χ1n) is 12.6. The first-order chi connectivity index (χ1) is 17.2. The molecule has 1 heterocycles. The maximum Gasteiger partial charge on any atom is 0.119 e. The molecule has 35 heavy (non-hydrogen) atoms. The molecule has 0 aliphatic carbocycles. The van der Waals surface area contributed by atoms with E-state index in [0.29, 0.717) is 6.61 Å². The number of piperazine rings is 1. The molecule has 0 unspecified atom stereocenters. The van der Waals surface area contributed by atoms with Crippen molar-refractivity contribution in [1.82, 2.24) is 10.2 Å². The lowest BCUT2D eigenvalue weighted by Crippen LogP contribution is -2.44. The molecule has 5 nitrogen and oxygen atoms in total. The molecular weight excluding hydrogens is 436 g/mol. The molecule has 3 N–H and O–H groups in total. The third-order valence-corrected chi connectivity index (χ3v) is 6.44. The molecule has 5 heteroatoms. The van der Waals surface area contributed by atoms with Crippen LogP contribution < -0.4 is 10.1 Å². The first-order valence-corrected chi connectivity index (χ1v) is 12.6. The van der Waals surface area contributed by atoms with Gasteiger partial charge in [-0.25, -0.2) is 0 Å². The minimum Gasteiger partial charge on any atom is -0.508 e. The second-order valence-corrected chi connectivity index (χ2v) is 8.91. The number of ether oxygens (including phenoxy) is 1. The van der Waals surface area contributed by atoms with E-state index in [1.54, 1.807) is 12.1 Å². The molecule has 1 aliphatic rings. The number of hydrogen-bond donors (Lipinski definition) is 3. The van der Waals surface area contributed by atoms with Crippen LogP contribution in [0.2, 0.25) is 0 Å². The zero-order valence-corrected chi connectivity index (χ0v) is 20.3. The van der Waals surface area contributed by atoms with E-state index in [4.69, 9.17) is 4.74 Å². The highest BCUT2D eigenvalue weighted by Gasteiger charge is 2.15. The Hall–Kier alpha value is -3.12. The summed E-state index contributed by atoms with van der Waals surface area (Å²) >= 11 is 0. The van der Waals surface area contributed by atoms with Crippen LogP contribution in [0.15, 0.2) is 78.9 Å². The second kappa shape index (κ2) is 13.1. The van der Waals surface area contributed by atoms with Gasteiger partial charge in [-0.15, -0.1) is 0 Å². The van der Waals surface area contributed by atoms with Gasteiger partial charge in [-0.1, -0.05) is 54.6 Å². The van der Waals surface area contributed by atoms with E-state index in [0.717, 1.165) is 74.4 Å². The van der Waals surface area contributed by atoms with Crippen molar-refractivity contribution < 1.29 is 14.9 Å². The summed E-state index contributed by atoms with van der Waals surface area (Å²) in [5.74, 6) is 1.12. The van der Waals surface area contributed by atoms with E-state index in [-0.39, 0.29) is 12.4 Å². The summed E-state index contributed by atoms with van der Waals surface area (Å²) in [5, 5.41) is 22.6. The number of aliphatic hydroxyl groups excluding tert-OH is 1. The van der Waals surface area contributed by atoms with Crippen molar-refractivity contribution in [3.05, 3.63) is 95.6 Å². The number of allylic oxidation sites excluding steroid dienone is 1. The highest BCUT2D eigenvalue weighted by atomic mass is 16.5. The van der Waals surface area contributed by atoms with Gasteiger partial charge in [0.15, 0.2) is 0 Å². The van der Waals surface area contributed by atoms with Gasteiger partial charge in [0.05, 0.1) is 0 Å². The van der Waals surface area contributed by atoms with E-state index < -0.39 is 0 Å². The van der Waals surface area contributed by atoms with Crippen LogP contribution in [0, 0.1) is 0 Å². The van der Waals surface area contributed by atoms with Gasteiger partial charge < -0.3 is 20.3 Å². The van der Waals surface area contributed by atoms with Crippen LogP contribution in [0.1, 0.15) is 36.0 Å². The van der Waals surface area contributed by atoms with E-state index >= 15 is 0 Å². The Labute approximate surface area is 208 Å². The Morgan fingerprint density at radius 3 is 2.11 bits per heavy atom. The topological polar surface area (TPSA) is 65.0 Å². The monoisotopic (exact) mass is 472 g/mol. The number of nitrogens with one attached hydrogen (secondary N) is 1. The summed E-state index contributed by atoms with van der Waals surface area (Å²) in [7, 11) is 0. The Kier molecular flexibility index (Phi) is 9.35. The molecule has 4 rings (SSSR count). The average Bonchev–Trinajstić information content (AvgIpc) is 2.91. The number of nitrogens with zero attached hydrogens (tertiary/aromatic N) is 1. The Morgan fingerprint density at radius 1 is 0.800 bits per heavy atom. The number of aromatic hydroxyl groups is 1. The van der Waals surface area contributed by atoms with Crippen LogP contribution in [0.4, 0.5) is 0 Å². The fourth-order valence-corrected chi connectivity index (χ4v) is 4.55. The van der Waals surface area contributed by atoms with Gasteiger partial charge >= 0.3 is 0 Å². The van der Waals surface area contributed by atoms with E-state index in [9.17, 15) is 10.2 Å². The lowest BCUT2D eigenvalue weighted by molar-refractivity contribution is 0.191. The van der Waals surface area contributed by atoms with E-state index in [1.807, 2.05) is 30.3 Å². The molecule has 3 aromatic rings. The average molecular weight is 473 g/mol. The first kappa shape index (κ1) is 25.0. The summed E-state index contributed by atoms with van der Waals surface area (Å²) in [4.78, 5) is 2.43. The molecule has 1 aliphatic heterocycles. The van der Waals surface area contributed by atoms with E-state index in [2.05, 4.69) is 46.6 Å². The Bertz CT molecular complexity index is 1060. The van der Waals surface area contributed by atoms with Crippen molar-refractivity contribution in [2.24, 2.45) is 0 Å². The number of benzene rings is 3. The number of rotatable bonds is 11. The summed E-state index contributed by atoms with van der Waals surface area (Å²) in [5.41, 5.74) is 5.70. The molecule has 0 saturated carbocycles. The van der Waals surface area contributed by atoms with Gasteiger partial charge in [0, 0.05) is 39.3 Å². The van der Waals surface area contributed by atoms with Crippen molar-refractivity contribution in [3.63, 3.8) is 0 Å². The molecule has 0 aromatic heterocycles. The summed E-state index contributed by atoms with van der Waals surface area (Å²) < 4.78 is 6.05.